The number of furan rings is 1. The van der Waals surface area contributed by atoms with Crippen LogP contribution in [0.25, 0.3) is 0 Å². The van der Waals surface area contributed by atoms with Crippen molar-refractivity contribution >= 4 is 11.4 Å². The Morgan fingerprint density at radius 2 is 2.06 bits per heavy atom. The second-order valence-electron chi connectivity index (χ2n) is 3.92. The molecule has 2 aromatic rings. The third-order valence-electron chi connectivity index (χ3n) is 2.45. The molecule has 3 N–H and O–H groups in total. The second kappa shape index (κ2) is 4.75. The van der Waals surface area contributed by atoms with Crippen LogP contribution in [-0.4, -0.2) is 6.04 Å². The van der Waals surface area contributed by atoms with Crippen molar-refractivity contribution in [2.24, 2.45) is 0 Å². The van der Waals surface area contributed by atoms with Gasteiger partial charge in [0, 0.05) is 12.5 Å². The van der Waals surface area contributed by atoms with Gasteiger partial charge in [-0.1, -0.05) is 12.1 Å². The first-order valence-electron chi connectivity index (χ1n) is 5.39. The number of hydrogen-bond acceptors (Lipinski definition) is 3. The molecule has 3 heteroatoms. The van der Waals surface area contributed by atoms with Crippen LogP contribution < -0.4 is 11.1 Å². The van der Waals surface area contributed by atoms with Crippen molar-refractivity contribution in [3.63, 3.8) is 0 Å². The summed E-state index contributed by atoms with van der Waals surface area (Å²) in [4.78, 5) is 0. The van der Waals surface area contributed by atoms with Crippen molar-refractivity contribution in [3.8, 4) is 0 Å². The molecule has 2 rings (SSSR count). The van der Waals surface area contributed by atoms with E-state index in [0.717, 1.165) is 23.6 Å². The number of anilines is 2. The fourth-order valence-electron chi connectivity index (χ4n) is 1.68. The monoisotopic (exact) mass is 216 g/mol. The molecule has 0 saturated carbocycles. The van der Waals surface area contributed by atoms with E-state index in [9.17, 15) is 0 Å². The van der Waals surface area contributed by atoms with Crippen molar-refractivity contribution in [1.82, 2.24) is 0 Å². The van der Waals surface area contributed by atoms with E-state index < -0.39 is 0 Å². The van der Waals surface area contributed by atoms with Crippen LogP contribution in [0, 0.1) is 0 Å². The third kappa shape index (κ3) is 2.57. The molecular weight excluding hydrogens is 200 g/mol. The molecule has 0 saturated heterocycles. The van der Waals surface area contributed by atoms with Gasteiger partial charge in [0.25, 0.3) is 0 Å². The fourth-order valence-corrected chi connectivity index (χ4v) is 1.68. The van der Waals surface area contributed by atoms with Gasteiger partial charge >= 0.3 is 0 Å². The normalized spacial score (nSPS) is 12.3. The van der Waals surface area contributed by atoms with E-state index in [2.05, 4.69) is 12.2 Å². The smallest absolute Gasteiger partial charge is 0.105 e. The minimum atomic E-state index is 0.288. The van der Waals surface area contributed by atoms with Gasteiger partial charge in [-0.25, -0.2) is 0 Å². The molecule has 0 aliphatic heterocycles. The average Bonchev–Trinajstić information content (AvgIpc) is 2.74. The summed E-state index contributed by atoms with van der Waals surface area (Å²) in [6.07, 6.45) is 2.54. The van der Waals surface area contributed by atoms with Crippen LogP contribution in [0.5, 0.6) is 0 Å². The highest BCUT2D eigenvalue weighted by atomic mass is 16.3. The van der Waals surface area contributed by atoms with Crippen LogP contribution in [0.2, 0.25) is 0 Å². The Bertz CT molecular complexity index is 437. The lowest BCUT2D eigenvalue weighted by Crippen LogP contribution is -2.18. The highest BCUT2D eigenvalue weighted by Gasteiger charge is 2.06. The summed E-state index contributed by atoms with van der Waals surface area (Å²) in [5, 5.41) is 3.36. The lowest BCUT2D eigenvalue weighted by Gasteiger charge is -2.15. The maximum atomic E-state index is 5.86. The lowest BCUT2D eigenvalue weighted by molar-refractivity contribution is 0.498. The summed E-state index contributed by atoms with van der Waals surface area (Å²) < 4.78 is 5.30. The molecule has 0 bridgehead atoms. The van der Waals surface area contributed by atoms with E-state index in [1.807, 2.05) is 36.4 Å². The molecule has 0 spiro atoms. The standard InChI is InChI=1S/C13H16N2O/c1-10(9-11-5-4-8-16-11)15-13-7-3-2-6-12(13)14/h2-8,10,15H,9,14H2,1H3. The Kier molecular flexibility index (Phi) is 3.15. The van der Waals surface area contributed by atoms with E-state index in [1.165, 1.54) is 0 Å². The largest absolute Gasteiger partial charge is 0.469 e. The Balaban J connectivity index is 1.97. The van der Waals surface area contributed by atoms with Crippen LogP contribution >= 0.6 is 0 Å². The van der Waals surface area contributed by atoms with E-state index in [0.29, 0.717) is 0 Å². The molecule has 1 aromatic heterocycles. The van der Waals surface area contributed by atoms with Crippen molar-refractivity contribution in [2.45, 2.75) is 19.4 Å². The van der Waals surface area contributed by atoms with Crippen LogP contribution in [-0.2, 0) is 6.42 Å². The molecule has 1 atom stereocenters. The number of benzene rings is 1. The predicted molar refractivity (Wildman–Crippen MR) is 66.4 cm³/mol. The molecule has 0 radical (unpaired) electrons. The van der Waals surface area contributed by atoms with Crippen molar-refractivity contribution in [3.05, 3.63) is 48.4 Å². The summed E-state index contributed by atoms with van der Waals surface area (Å²) in [6, 6.07) is 11.9. The highest BCUT2D eigenvalue weighted by Crippen LogP contribution is 2.18. The number of nitrogens with two attached hydrogens (primary N) is 1. The van der Waals surface area contributed by atoms with Gasteiger partial charge in [0.1, 0.15) is 5.76 Å². The van der Waals surface area contributed by atoms with Gasteiger partial charge in [0.05, 0.1) is 17.6 Å². The number of rotatable bonds is 4. The first kappa shape index (κ1) is 10.6. The molecule has 1 heterocycles. The first-order valence-corrected chi connectivity index (χ1v) is 5.39. The zero-order valence-corrected chi connectivity index (χ0v) is 9.31. The maximum absolute atomic E-state index is 5.86. The molecule has 0 amide bonds. The highest BCUT2D eigenvalue weighted by molar-refractivity contribution is 5.65. The van der Waals surface area contributed by atoms with Crippen molar-refractivity contribution in [1.29, 1.82) is 0 Å². The molecule has 0 fully saturated rings. The summed E-state index contributed by atoms with van der Waals surface area (Å²) in [7, 11) is 0. The van der Waals surface area contributed by atoms with Crippen molar-refractivity contribution < 1.29 is 4.42 Å². The molecule has 84 valence electrons. The second-order valence-corrected chi connectivity index (χ2v) is 3.92. The number of para-hydroxylation sites is 2. The number of nitrogens with one attached hydrogen (secondary N) is 1. The van der Waals surface area contributed by atoms with E-state index in [1.54, 1.807) is 6.26 Å². The minimum absolute atomic E-state index is 0.288. The van der Waals surface area contributed by atoms with E-state index in [-0.39, 0.29) is 6.04 Å². The Labute approximate surface area is 95.3 Å². The van der Waals surface area contributed by atoms with Crippen LogP contribution in [0.15, 0.2) is 47.1 Å². The zero-order valence-electron chi connectivity index (χ0n) is 9.31. The Morgan fingerprint density at radius 3 is 2.75 bits per heavy atom. The van der Waals surface area contributed by atoms with Crippen LogP contribution in [0.4, 0.5) is 11.4 Å². The quantitative estimate of drug-likeness (QED) is 0.772. The average molecular weight is 216 g/mol. The summed E-state index contributed by atoms with van der Waals surface area (Å²) in [5.41, 5.74) is 7.60. The first-order chi connectivity index (χ1) is 7.75. The molecule has 0 aliphatic rings. The summed E-state index contributed by atoms with van der Waals surface area (Å²) in [5.74, 6) is 0.981. The minimum Gasteiger partial charge on any atom is -0.469 e. The number of hydrogen-bond donors (Lipinski definition) is 2. The molecule has 16 heavy (non-hydrogen) atoms. The van der Waals surface area contributed by atoms with E-state index >= 15 is 0 Å². The third-order valence-corrected chi connectivity index (χ3v) is 2.45. The van der Waals surface area contributed by atoms with Gasteiger partial charge in [-0.3, -0.25) is 0 Å². The van der Waals surface area contributed by atoms with E-state index in [4.69, 9.17) is 10.2 Å². The summed E-state index contributed by atoms with van der Waals surface area (Å²) in [6.45, 7) is 2.11. The van der Waals surface area contributed by atoms with Gasteiger partial charge in [0.2, 0.25) is 0 Å². The molecular formula is C13H16N2O. The molecule has 3 nitrogen and oxygen atoms in total. The van der Waals surface area contributed by atoms with Gasteiger partial charge in [-0.05, 0) is 31.2 Å². The zero-order chi connectivity index (χ0) is 11.4. The van der Waals surface area contributed by atoms with Gasteiger partial charge in [-0.2, -0.15) is 0 Å². The topological polar surface area (TPSA) is 51.2 Å². The van der Waals surface area contributed by atoms with Crippen molar-refractivity contribution in [2.75, 3.05) is 11.1 Å². The maximum Gasteiger partial charge on any atom is 0.105 e. The SMILES string of the molecule is CC(Cc1ccco1)Nc1ccccc1N. The molecule has 1 aromatic carbocycles. The molecule has 1 unspecified atom stereocenters. The van der Waals surface area contributed by atoms with Gasteiger partial charge in [0.15, 0.2) is 0 Å². The predicted octanol–water partition coefficient (Wildman–Crippen LogP) is 2.90. The fraction of sp³-hybridized carbons (Fsp3) is 0.231. The lowest BCUT2D eigenvalue weighted by atomic mass is 10.1. The van der Waals surface area contributed by atoms with Gasteiger partial charge < -0.3 is 15.5 Å². The Morgan fingerprint density at radius 1 is 1.25 bits per heavy atom. The molecule has 0 aliphatic carbocycles. The summed E-state index contributed by atoms with van der Waals surface area (Å²) >= 11 is 0. The van der Waals surface area contributed by atoms with Gasteiger partial charge in [-0.15, -0.1) is 0 Å². The van der Waals surface area contributed by atoms with Crippen LogP contribution in [0.1, 0.15) is 12.7 Å². The Hall–Kier alpha value is -1.90. The van der Waals surface area contributed by atoms with Crippen LogP contribution in [0.3, 0.4) is 0 Å². The number of nitrogen functional groups attached to an aromatic ring is 1.